The van der Waals surface area contributed by atoms with Gasteiger partial charge < -0.3 is 36.5 Å². The molecule has 1 atom stereocenters. The van der Waals surface area contributed by atoms with Gasteiger partial charge in [0, 0.05) is 55.5 Å². The van der Waals surface area contributed by atoms with E-state index in [1.54, 1.807) is 25.4 Å². The normalized spacial score (nSPS) is 11.6. The molecule has 0 fully saturated rings. The Morgan fingerprint density at radius 2 is 2.03 bits per heavy atom. The van der Waals surface area contributed by atoms with E-state index in [1.807, 2.05) is 44.2 Å². The van der Waals surface area contributed by atoms with E-state index in [0.717, 1.165) is 11.3 Å². The van der Waals surface area contributed by atoms with Gasteiger partial charge in [0.2, 0.25) is 0 Å². The fourth-order valence-corrected chi connectivity index (χ4v) is 3.72. The van der Waals surface area contributed by atoms with E-state index >= 15 is 0 Å². The Labute approximate surface area is 223 Å². The summed E-state index contributed by atoms with van der Waals surface area (Å²) in [5.41, 5.74) is 3.51. The number of anilines is 2. The summed E-state index contributed by atoms with van der Waals surface area (Å²) < 4.78 is 5.77. The van der Waals surface area contributed by atoms with Crippen LogP contribution < -0.4 is 26.0 Å². The van der Waals surface area contributed by atoms with E-state index in [-0.39, 0.29) is 18.6 Å². The Morgan fingerprint density at radius 3 is 2.74 bits per heavy atom. The summed E-state index contributed by atoms with van der Waals surface area (Å²) in [7, 11) is 1.78. The van der Waals surface area contributed by atoms with Gasteiger partial charge in [-0.3, -0.25) is 9.78 Å². The minimum atomic E-state index is -0.611. The maximum absolute atomic E-state index is 12.2. The fraction of sp³-hybridized carbons (Fsp3) is 0.357. The topological polar surface area (TPSA) is 144 Å². The summed E-state index contributed by atoms with van der Waals surface area (Å²) in [6, 6.07) is 13.0. The number of hydrogen-bond acceptors (Lipinski definition) is 9. The van der Waals surface area contributed by atoms with Crippen molar-refractivity contribution in [1.29, 1.82) is 5.41 Å². The second-order valence-corrected chi connectivity index (χ2v) is 9.09. The summed E-state index contributed by atoms with van der Waals surface area (Å²) in [5.74, 6) is 1.08. The summed E-state index contributed by atoms with van der Waals surface area (Å²) >= 11 is 0. The average molecular weight is 520 g/mol. The first-order valence-corrected chi connectivity index (χ1v) is 12.7. The monoisotopic (exact) mass is 519 g/mol. The number of likely N-dealkylation sites (N-methyl/N-ethyl adjacent to an activating group) is 1. The van der Waals surface area contributed by atoms with E-state index < -0.39 is 6.10 Å². The quantitative estimate of drug-likeness (QED) is 0.133. The van der Waals surface area contributed by atoms with Crippen molar-refractivity contribution < 1.29 is 14.6 Å². The summed E-state index contributed by atoms with van der Waals surface area (Å²) in [6.45, 7) is 5.74. The van der Waals surface area contributed by atoms with Crippen LogP contribution in [0.5, 0.6) is 5.75 Å². The van der Waals surface area contributed by atoms with Gasteiger partial charge in [-0.1, -0.05) is 12.1 Å². The van der Waals surface area contributed by atoms with Crippen LogP contribution in [0.25, 0.3) is 11.3 Å². The van der Waals surface area contributed by atoms with E-state index in [0.29, 0.717) is 54.4 Å². The van der Waals surface area contributed by atoms with Crippen LogP contribution in [0.3, 0.4) is 0 Å². The number of rotatable bonds is 15. The van der Waals surface area contributed by atoms with Crippen molar-refractivity contribution in [2.75, 3.05) is 43.9 Å². The number of nitrogens with zero attached hydrogens (tertiary/aromatic N) is 2. The summed E-state index contributed by atoms with van der Waals surface area (Å²) in [5, 5.41) is 30.5. The predicted molar refractivity (Wildman–Crippen MR) is 151 cm³/mol. The first-order chi connectivity index (χ1) is 18.4. The third kappa shape index (κ3) is 8.53. The van der Waals surface area contributed by atoms with Crippen LogP contribution >= 0.6 is 0 Å². The van der Waals surface area contributed by atoms with Gasteiger partial charge in [-0.25, -0.2) is 4.98 Å². The molecule has 0 bridgehead atoms. The molecular formula is C28H37N7O3. The molecule has 1 unspecified atom stereocenters. The zero-order valence-corrected chi connectivity index (χ0v) is 22.1. The fourth-order valence-electron chi connectivity index (χ4n) is 3.72. The van der Waals surface area contributed by atoms with Crippen LogP contribution in [-0.4, -0.2) is 72.6 Å². The van der Waals surface area contributed by atoms with Gasteiger partial charge in [-0.2, -0.15) is 0 Å². The third-order valence-electron chi connectivity index (χ3n) is 5.52. The molecule has 202 valence electrons. The second kappa shape index (κ2) is 14.7. The van der Waals surface area contributed by atoms with Gasteiger partial charge >= 0.3 is 0 Å². The summed E-state index contributed by atoms with van der Waals surface area (Å²) in [4.78, 5) is 21.0. The van der Waals surface area contributed by atoms with Crippen molar-refractivity contribution in [1.82, 2.24) is 20.6 Å². The number of amides is 1. The Kier molecular flexibility index (Phi) is 11.0. The van der Waals surface area contributed by atoms with Gasteiger partial charge in [0.15, 0.2) is 0 Å². The zero-order valence-electron chi connectivity index (χ0n) is 22.1. The molecule has 10 heteroatoms. The highest BCUT2D eigenvalue weighted by atomic mass is 16.5. The SMILES string of the molecule is CNCC(O)COc1cccc(-c2cc(NCCCNC(=O)c3cccnc3)c(C=N)c(NC(C)C)n2)c1. The van der Waals surface area contributed by atoms with E-state index in [4.69, 9.17) is 15.1 Å². The molecule has 2 heterocycles. The van der Waals surface area contributed by atoms with Crippen LogP contribution in [-0.2, 0) is 0 Å². The van der Waals surface area contributed by atoms with E-state index in [2.05, 4.69) is 26.3 Å². The third-order valence-corrected chi connectivity index (χ3v) is 5.52. The number of nitrogens with one attached hydrogen (secondary N) is 5. The lowest BCUT2D eigenvalue weighted by molar-refractivity contribution is 0.0953. The lowest BCUT2D eigenvalue weighted by atomic mass is 10.1. The van der Waals surface area contributed by atoms with Gasteiger partial charge in [0.05, 0.1) is 16.8 Å². The number of aliphatic hydroxyl groups excluding tert-OH is 1. The number of benzene rings is 1. The molecule has 0 aliphatic rings. The van der Waals surface area contributed by atoms with Gasteiger partial charge in [-0.15, -0.1) is 0 Å². The molecule has 0 spiro atoms. The van der Waals surface area contributed by atoms with Crippen LogP contribution in [0, 0.1) is 5.41 Å². The molecule has 38 heavy (non-hydrogen) atoms. The van der Waals surface area contributed by atoms with Crippen LogP contribution in [0.15, 0.2) is 54.9 Å². The number of hydrogen-bond donors (Lipinski definition) is 6. The molecule has 0 radical (unpaired) electrons. The van der Waals surface area contributed by atoms with Gasteiger partial charge in [0.25, 0.3) is 5.91 Å². The predicted octanol–water partition coefficient (Wildman–Crippen LogP) is 3.15. The standard InChI is InChI=1S/C28H37N7O3/c1-19(2)34-27-24(15-29)26(32-11-6-12-33-28(37)21-8-5-10-31-16-21)14-25(35-27)20-7-4-9-23(13-20)38-18-22(36)17-30-3/h4-5,7-10,13-16,19,22,29-30,36H,6,11-12,17-18H2,1-3H3,(H,33,37)(H2,32,34,35). The molecule has 0 saturated heterocycles. The van der Waals surface area contributed by atoms with E-state index in [1.165, 1.54) is 12.4 Å². The highest BCUT2D eigenvalue weighted by Gasteiger charge is 2.14. The van der Waals surface area contributed by atoms with Crippen molar-refractivity contribution in [3.63, 3.8) is 0 Å². The number of pyridine rings is 2. The molecule has 3 rings (SSSR count). The Bertz CT molecular complexity index is 1190. The molecule has 1 aromatic carbocycles. The lowest BCUT2D eigenvalue weighted by Gasteiger charge is -2.18. The van der Waals surface area contributed by atoms with Crippen LogP contribution in [0.2, 0.25) is 0 Å². The largest absolute Gasteiger partial charge is 0.491 e. The first-order valence-electron chi connectivity index (χ1n) is 12.7. The molecule has 2 aromatic heterocycles. The number of carbonyl (C=O) groups is 1. The Morgan fingerprint density at radius 1 is 1.18 bits per heavy atom. The van der Waals surface area contributed by atoms with Crippen molar-refractivity contribution in [3.05, 3.63) is 66.0 Å². The van der Waals surface area contributed by atoms with Crippen molar-refractivity contribution in [2.24, 2.45) is 0 Å². The highest BCUT2D eigenvalue weighted by molar-refractivity contribution is 5.94. The Hall–Kier alpha value is -4.02. The van der Waals surface area contributed by atoms with Gasteiger partial charge in [0.1, 0.15) is 24.3 Å². The number of aromatic nitrogens is 2. The maximum atomic E-state index is 12.2. The molecule has 3 aromatic rings. The maximum Gasteiger partial charge on any atom is 0.252 e. The number of carbonyl (C=O) groups excluding carboxylic acids is 1. The number of aliphatic hydroxyl groups is 1. The molecular weight excluding hydrogens is 482 g/mol. The highest BCUT2D eigenvalue weighted by Crippen LogP contribution is 2.30. The van der Waals surface area contributed by atoms with Crippen molar-refractivity contribution in [2.45, 2.75) is 32.4 Å². The first kappa shape index (κ1) is 28.5. The molecule has 1 amide bonds. The Balaban J connectivity index is 1.73. The molecule has 6 N–H and O–H groups in total. The van der Waals surface area contributed by atoms with E-state index in [9.17, 15) is 9.90 Å². The van der Waals surface area contributed by atoms with Crippen LogP contribution in [0.4, 0.5) is 11.5 Å². The van der Waals surface area contributed by atoms with Crippen molar-refractivity contribution >= 4 is 23.6 Å². The number of ether oxygens (including phenoxy) is 1. The summed E-state index contributed by atoms with van der Waals surface area (Å²) in [6.07, 6.45) is 4.53. The second-order valence-electron chi connectivity index (χ2n) is 9.09. The smallest absolute Gasteiger partial charge is 0.252 e. The van der Waals surface area contributed by atoms with Crippen LogP contribution in [0.1, 0.15) is 36.2 Å². The molecule has 0 aliphatic heterocycles. The lowest BCUT2D eigenvalue weighted by Crippen LogP contribution is -2.29. The minimum absolute atomic E-state index is 0.121. The van der Waals surface area contributed by atoms with Gasteiger partial charge in [-0.05, 0) is 57.6 Å². The molecule has 10 nitrogen and oxygen atoms in total. The van der Waals surface area contributed by atoms with Crippen molar-refractivity contribution in [3.8, 4) is 17.0 Å². The minimum Gasteiger partial charge on any atom is -0.491 e. The molecule has 0 saturated carbocycles. The zero-order chi connectivity index (χ0) is 27.3. The average Bonchev–Trinajstić information content (AvgIpc) is 2.92. The molecule has 0 aliphatic carbocycles.